The number of hydrogen-bond acceptors (Lipinski definition) is 4. The van der Waals surface area contributed by atoms with E-state index in [0.29, 0.717) is 0 Å². The maximum Gasteiger partial charge on any atom is 0.252 e. The zero-order chi connectivity index (χ0) is 14.7. The van der Waals surface area contributed by atoms with Crippen molar-refractivity contribution < 1.29 is 4.79 Å². The number of hydrogen-bond donors (Lipinski definition) is 1. The quantitative estimate of drug-likeness (QED) is 0.938. The SMILES string of the molecule is Cn1ccc(CN2CCC(NC(=O)c3ccsc3)CC2)n1. The van der Waals surface area contributed by atoms with Gasteiger partial charge in [-0.1, -0.05) is 0 Å². The first-order chi connectivity index (χ1) is 10.2. The summed E-state index contributed by atoms with van der Waals surface area (Å²) < 4.78 is 1.84. The maximum atomic E-state index is 12.0. The molecule has 112 valence electrons. The van der Waals surface area contributed by atoms with Crippen LogP contribution in [0.2, 0.25) is 0 Å². The van der Waals surface area contributed by atoms with Crippen molar-refractivity contribution in [3.8, 4) is 0 Å². The number of piperidine rings is 1. The molecule has 2 aromatic rings. The van der Waals surface area contributed by atoms with Gasteiger partial charge in [-0.3, -0.25) is 14.4 Å². The van der Waals surface area contributed by atoms with Crippen molar-refractivity contribution >= 4 is 17.2 Å². The molecular formula is C15H20N4OS. The van der Waals surface area contributed by atoms with Gasteiger partial charge in [0.2, 0.25) is 0 Å². The minimum absolute atomic E-state index is 0.0550. The highest BCUT2D eigenvalue weighted by atomic mass is 32.1. The van der Waals surface area contributed by atoms with E-state index in [1.165, 1.54) is 0 Å². The molecule has 0 atom stereocenters. The predicted molar refractivity (Wildman–Crippen MR) is 83.3 cm³/mol. The van der Waals surface area contributed by atoms with Crippen LogP contribution < -0.4 is 5.32 Å². The van der Waals surface area contributed by atoms with Gasteiger partial charge in [-0.05, 0) is 30.4 Å². The molecular weight excluding hydrogens is 284 g/mol. The Kier molecular flexibility index (Phi) is 4.36. The van der Waals surface area contributed by atoms with E-state index < -0.39 is 0 Å². The van der Waals surface area contributed by atoms with Crippen molar-refractivity contribution in [2.45, 2.75) is 25.4 Å². The number of aromatic nitrogens is 2. The van der Waals surface area contributed by atoms with Crippen molar-refractivity contribution in [1.29, 1.82) is 0 Å². The molecule has 5 nitrogen and oxygen atoms in total. The third kappa shape index (κ3) is 3.71. The third-order valence-corrected chi connectivity index (χ3v) is 4.54. The predicted octanol–water partition coefficient (Wildman–Crippen LogP) is 1.88. The molecule has 1 N–H and O–H groups in total. The van der Waals surface area contributed by atoms with Gasteiger partial charge in [0.15, 0.2) is 0 Å². The van der Waals surface area contributed by atoms with E-state index in [9.17, 15) is 4.79 Å². The van der Waals surface area contributed by atoms with Gasteiger partial charge >= 0.3 is 0 Å². The van der Waals surface area contributed by atoms with Crippen molar-refractivity contribution in [1.82, 2.24) is 20.0 Å². The molecule has 1 fully saturated rings. The van der Waals surface area contributed by atoms with Gasteiger partial charge < -0.3 is 5.32 Å². The van der Waals surface area contributed by atoms with Crippen LogP contribution in [-0.2, 0) is 13.6 Å². The average molecular weight is 304 g/mol. The topological polar surface area (TPSA) is 50.2 Å². The molecule has 1 amide bonds. The number of amides is 1. The smallest absolute Gasteiger partial charge is 0.252 e. The summed E-state index contributed by atoms with van der Waals surface area (Å²) in [6, 6.07) is 4.22. The second-order valence-electron chi connectivity index (χ2n) is 5.52. The molecule has 0 aliphatic carbocycles. The first kappa shape index (κ1) is 14.3. The molecule has 1 aliphatic rings. The van der Waals surface area contributed by atoms with E-state index in [-0.39, 0.29) is 11.9 Å². The van der Waals surface area contributed by atoms with Gasteiger partial charge in [0, 0.05) is 49.9 Å². The summed E-state index contributed by atoms with van der Waals surface area (Å²) in [5, 5.41) is 11.4. The molecule has 0 spiro atoms. The number of rotatable bonds is 4. The zero-order valence-corrected chi connectivity index (χ0v) is 13.0. The van der Waals surface area contributed by atoms with Gasteiger partial charge in [-0.15, -0.1) is 0 Å². The Labute approximate surface area is 128 Å². The molecule has 3 heterocycles. The van der Waals surface area contributed by atoms with Crippen LogP contribution in [0.3, 0.4) is 0 Å². The highest BCUT2D eigenvalue weighted by Crippen LogP contribution is 2.14. The Morgan fingerprint density at radius 3 is 2.86 bits per heavy atom. The van der Waals surface area contributed by atoms with Crippen LogP contribution in [0.15, 0.2) is 29.1 Å². The molecule has 6 heteroatoms. The highest BCUT2D eigenvalue weighted by molar-refractivity contribution is 7.08. The van der Waals surface area contributed by atoms with E-state index in [0.717, 1.165) is 43.7 Å². The van der Waals surface area contributed by atoms with Crippen LogP contribution in [-0.4, -0.2) is 39.7 Å². The van der Waals surface area contributed by atoms with Gasteiger partial charge in [0.25, 0.3) is 5.91 Å². The van der Waals surface area contributed by atoms with Crippen molar-refractivity contribution in [3.63, 3.8) is 0 Å². The molecule has 21 heavy (non-hydrogen) atoms. The lowest BCUT2D eigenvalue weighted by molar-refractivity contribution is 0.0909. The van der Waals surface area contributed by atoms with Gasteiger partial charge in [-0.25, -0.2) is 0 Å². The van der Waals surface area contributed by atoms with Crippen molar-refractivity contribution in [2.75, 3.05) is 13.1 Å². The Bertz CT molecular complexity index is 585. The number of nitrogens with zero attached hydrogens (tertiary/aromatic N) is 3. The lowest BCUT2D eigenvalue weighted by atomic mass is 10.0. The first-order valence-corrected chi connectivity index (χ1v) is 8.19. The summed E-state index contributed by atoms with van der Waals surface area (Å²) in [5.41, 5.74) is 1.88. The third-order valence-electron chi connectivity index (χ3n) is 3.86. The van der Waals surface area contributed by atoms with Gasteiger partial charge in [-0.2, -0.15) is 16.4 Å². The van der Waals surface area contributed by atoms with E-state index >= 15 is 0 Å². The lowest BCUT2D eigenvalue weighted by Crippen LogP contribution is -2.44. The second-order valence-corrected chi connectivity index (χ2v) is 6.30. The Hall–Kier alpha value is -1.66. The molecule has 0 unspecified atom stereocenters. The Morgan fingerprint density at radius 2 is 2.24 bits per heavy atom. The van der Waals surface area contributed by atoms with Crippen LogP contribution >= 0.6 is 11.3 Å². The summed E-state index contributed by atoms with van der Waals surface area (Å²) in [6.45, 7) is 2.91. The number of aryl methyl sites for hydroxylation is 1. The molecule has 0 bridgehead atoms. The molecule has 0 saturated carbocycles. The number of thiophene rings is 1. The molecule has 0 radical (unpaired) electrons. The Balaban J connectivity index is 1.45. The minimum Gasteiger partial charge on any atom is -0.349 e. The fourth-order valence-electron chi connectivity index (χ4n) is 2.67. The fraction of sp³-hybridized carbons (Fsp3) is 0.467. The van der Waals surface area contributed by atoms with Crippen LogP contribution in [0, 0.1) is 0 Å². The zero-order valence-electron chi connectivity index (χ0n) is 12.2. The molecule has 2 aromatic heterocycles. The summed E-state index contributed by atoms with van der Waals surface area (Å²) in [6.07, 6.45) is 3.98. The van der Waals surface area contributed by atoms with Gasteiger partial charge in [0.05, 0.1) is 5.69 Å². The number of likely N-dealkylation sites (tertiary alicyclic amines) is 1. The first-order valence-electron chi connectivity index (χ1n) is 7.24. The van der Waals surface area contributed by atoms with E-state index in [2.05, 4.69) is 21.4 Å². The van der Waals surface area contributed by atoms with Crippen molar-refractivity contribution in [3.05, 3.63) is 40.3 Å². The summed E-state index contributed by atoms with van der Waals surface area (Å²) >= 11 is 1.56. The van der Waals surface area contributed by atoms with E-state index in [1.807, 2.05) is 34.8 Å². The monoisotopic (exact) mass is 304 g/mol. The highest BCUT2D eigenvalue weighted by Gasteiger charge is 2.21. The van der Waals surface area contributed by atoms with Crippen LogP contribution in [0.4, 0.5) is 0 Å². The molecule has 3 rings (SSSR count). The lowest BCUT2D eigenvalue weighted by Gasteiger charge is -2.31. The Morgan fingerprint density at radius 1 is 1.43 bits per heavy atom. The molecule has 0 aromatic carbocycles. The number of carbonyl (C=O) groups excluding carboxylic acids is 1. The standard InChI is InChI=1S/C15H20N4OS/c1-18-6-2-14(17-18)10-19-7-3-13(4-8-19)16-15(20)12-5-9-21-11-12/h2,5-6,9,11,13H,3-4,7-8,10H2,1H3,(H,16,20). The number of carbonyl (C=O) groups is 1. The normalized spacial score (nSPS) is 17.0. The minimum atomic E-state index is 0.0550. The van der Waals surface area contributed by atoms with E-state index in [1.54, 1.807) is 11.3 Å². The molecule has 1 saturated heterocycles. The van der Waals surface area contributed by atoms with Crippen LogP contribution in [0.25, 0.3) is 0 Å². The second kappa shape index (κ2) is 6.41. The summed E-state index contributed by atoms with van der Waals surface area (Å²) in [7, 11) is 1.94. The van der Waals surface area contributed by atoms with Crippen molar-refractivity contribution in [2.24, 2.45) is 7.05 Å². The maximum absolute atomic E-state index is 12.0. The molecule has 1 aliphatic heterocycles. The van der Waals surface area contributed by atoms with Crippen LogP contribution in [0.5, 0.6) is 0 Å². The number of nitrogens with one attached hydrogen (secondary N) is 1. The average Bonchev–Trinajstić information content (AvgIpc) is 3.13. The fourth-order valence-corrected chi connectivity index (χ4v) is 3.31. The van der Waals surface area contributed by atoms with Gasteiger partial charge in [0.1, 0.15) is 0 Å². The van der Waals surface area contributed by atoms with E-state index in [4.69, 9.17) is 0 Å². The van der Waals surface area contributed by atoms with Crippen LogP contribution in [0.1, 0.15) is 28.9 Å². The summed E-state index contributed by atoms with van der Waals surface area (Å²) in [4.78, 5) is 14.4. The largest absolute Gasteiger partial charge is 0.349 e. The summed E-state index contributed by atoms with van der Waals surface area (Å²) in [5.74, 6) is 0.0550.